The van der Waals surface area contributed by atoms with Gasteiger partial charge in [-0.25, -0.2) is 0 Å². The molecule has 0 fully saturated rings. The lowest BCUT2D eigenvalue weighted by molar-refractivity contribution is 1.13. The summed E-state index contributed by atoms with van der Waals surface area (Å²) in [5.41, 5.74) is 11.8. The molecule has 12 aromatic rings. The van der Waals surface area contributed by atoms with Crippen LogP contribution in [-0.2, 0) is 0 Å². The lowest BCUT2D eigenvalue weighted by Crippen LogP contribution is -2.74. The van der Waals surface area contributed by atoms with Crippen molar-refractivity contribution >= 4 is 72.4 Å². The third-order valence-corrected chi connectivity index (χ3v) is 17.8. The summed E-state index contributed by atoms with van der Waals surface area (Å²) in [6, 6.07) is 94.4. The zero-order valence-corrected chi connectivity index (χ0v) is 35.6. The summed E-state index contributed by atoms with van der Waals surface area (Å²) in [6.07, 6.45) is 0. The Balaban J connectivity index is 1.24. The molecule has 0 bridgehead atoms. The van der Waals surface area contributed by atoms with Crippen LogP contribution >= 0.6 is 0 Å². The average molecular weight is 819 g/mol. The second-order valence-corrected chi connectivity index (χ2v) is 20.2. The van der Waals surface area contributed by atoms with Crippen LogP contribution in [0.3, 0.4) is 0 Å². The molecule has 0 radical (unpaired) electrons. The highest BCUT2D eigenvalue weighted by molar-refractivity contribution is 7.20. The van der Waals surface area contributed by atoms with Gasteiger partial charge in [-0.05, 0) is 67.8 Å². The molecule has 0 amide bonds. The maximum Gasteiger partial charge on any atom is 0.179 e. The molecule has 10 aromatic carbocycles. The fourth-order valence-corrected chi connectivity index (χ4v) is 15.1. The first-order valence-corrected chi connectivity index (χ1v) is 23.8. The number of nitrogens with zero attached hydrogens (tertiary/aromatic N) is 2. The van der Waals surface area contributed by atoms with Crippen LogP contribution in [-0.4, -0.2) is 17.2 Å². The van der Waals surface area contributed by atoms with Gasteiger partial charge in [-0.2, -0.15) is 0 Å². The van der Waals surface area contributed by atoms with Gasteiger partial charge in [0, 0.05) is 32.8 Å². The summed E-state index contributed by atoms with van der Waals surface area (Å²) in [7, 11) is -2.87. The van der Waals surface area contributed by atoms with Crippen molar-refractivity contribution in [2.45, 2.75) is 0 Å². The Labute approximate surface area is 368 Å². The summed E-state index contributed by atoms with van der Waals surface area (Å²) >= 11 is 0. The third-order valence-electron chi connectivity index (χ3n) is 13.1. The van der Waals surface area contributed by atoms with Gasteiger partial charge in [-0.15, -0.1) is 0 Å². The topological polar surface area (TPSA) is 9.86 Å². The van der Waals surface area contributed by atoms with E-state index in [0.29, 0.717) is 0 Å². The number of hydrogen-bond donors (Lipinski definition) is 0. The van der Waals surface area contributed by atoms with Gasteiger partial charge in [0.25, 0.3) is 0 Å². The average Bonchev–Trinajstić information content (AvgIpc) is 3.89. The van der Waals surface area contributed by atoms with Gasteiger partial charge in [0.1, 0.15) is 0 Å². The molecule has 2 nitrogen and oxygen atoms in total. The van der Waals surface area contributed by atoms with Crippen molar-refractivity contribution in [1.82, 2.24) is 9.13 Å². The molecule has 0 aliphatic rings. The molecule has 0 unspecified atom stereocenters. The van der Waals surface area contributed by atoms with E-state index in [1.54, 1.807) is 0 Å². The first kappa shape index (κ1) is 36.8. The van der Waals surface area contributed by atoms with Crippen molar-refractivity contribution < 1.29 is 0 Å². The van der Waals surface area contributed by atoms with Crippen molar-refractivity contribution in [2.75, 3.05) is 0 Å². The number of benzene rings is 10. The predicted octanol–water partition coefficient (Wildman–Crippen LogP) is 12.6. The summed E-state index contributed by atoms with van der Waals surface area (Å²) in [5.74, 6) is 0. The number of rotatable bonds is 8. The number of para-hydroxylation sites is 3. The van der Waals surface area contributed by atoms with Crippen molar-refractivity contribution in [2.24, 2.45) is 0 Å². The fraction of sp³-hybridized carbons (Fsp3) is 0. The van der Waals surface area contributed by atoms with E-state index in [-0.39, 0.29) is 0 Å². The van der Waals surface area contributed by atoms with E-state index in [9.17, 15) is 0 Å². The molecule has 0 atom stereocenters. The Morgan fingerprint density at radius 2 is 0.762 bits per heavy atom. The Hall–Kier alpha value is -7.98. The van der Waals surface area contributed by atoms with Gasteiger partial charge < -0.3 is 9.13 Å². The maximum atomic E-state index is 2.59. The van der Waals surface area contributed by atoms with Gasteiger partial charge in [-0.1, -0.05) is 224 Å². The SMILES string of the molecule is c1ccc(-c2cccc(-n3c4ccccc4c4cccc(-n5c6cc([Si](c7ccccc7)(c7ccccc7)c7ccccc7)ccc6c6cccc(-c7ccccc7)c65)c43)c2)cc1. The molecule has 296 valence electrons. The highest BCUT2D eigenvalue weighted by atomic mass is 28.3. The van der Waals surface area contributed by atoms with E-state index >= 15 is 0 Å². The predicted molar refractivity (Wildman–Crippen MR) is 270 cm³/mol. The second-order valence-electron chi connectivity index (χ2n) is 16.4. The van der Waals surface area contributed by atoms with Crippen LogP contribution in [0.2, 0.25) is 0 Å². The van der Waals surface area contributed by atoms with Crippen LogP contribution in [0.25, 0.3) is 77.2 Å². The van der Waals surface area contributed by atoms with Crippen molar-refractivity contribution in [3.63, 3.8) is 0 Å². The minimum Gasteiger partial charge on any atom is -0.307 e. The first-order valence-electron chi connectivity index (χ1n) is 21.8. The van der Waals surface area contributed by atoms with Crippen LogP contribution < -0.4 is 20.7 Å². The normalized spacial score (nSPS) is 11.8. The Morgan fingerprint density at radius 3 is 1.41 bits per heavy atom. The molecule has 0 aliphatic heterocycles. The summed E-state index contributed by atoms with van der Waals surface area (Å²) in [5, 5.41) is 10.3. The van der Waals surface area contributed by atoms with E-state index in [2.05, 4.69) is 264 Å². The van der Waals surface area contributed by atoms with E-state index < -0.39 is 8.07 Å². The minimum absolute atomic E-state index is 1.13. The molecule has 3 heteroatoms. The van der Waals surface area contributed by atoms with Crippen molar-refractivity contribution in [1.29, 1.82) is 0 Å². The zero-order valence-electron chi connectivity index (χ0n) is 34.6. The first-order chi connectivity index (χ1) is 31.3. The van der Waals surface area contributed by atoms with Crippen molar-refractivity contribution in [3.8, 4) is 33.6 Å². The molecular formula is C60H42N2Si. The van der Waals surface area contributed by atoms with Crippen LogP contribution in [0.15, 0.2) is 255 Å². The summed E-state index contributed by atoms with van der Waals surface area (Å²) in [4.78, 5) is 0. The van der Waals surface area contributed by atoms with E-state index in [4.69, 9.17) is 0 Å². The molecular weight excluding hydrogens is 777 g/mol. The van der Waals surface area contributed by atoms with Crippen LogP contribution in [0.4, 0.5) is 0 Å². The second kappa shape index (κ2) is 15.2. The molecule has 0 spiro atoms. The lowest BCUT2D eigenvalue weighted by atomic mass is 10.0. The molecule has 63 heavy (non-hydrogen) atoms. The van der Waals surface area contributed by atoms with E-state index in [0.717, 1.165) is 11.4 Å². The summed E-state index contributed by atoms with van der Waals surface area (Å²) < 4.78 is 5.09. The largest absolute Gasteiger partial charge is 0.307 e. The standard InChI is InChI=1S/C60H42N2Si/c1-6-21-43(22-7-1)45-25-18-26-46(41-45)61-56-37-17-16-33-52(56)55-36-20-38-57(60(55)61)62-58-42-50(39-40-53(58)54-35-19-34-51(59(54)62)44-23-8-2-9-24-44)63(47-27-10-3-11-28-47,48-29-12-4-13-30-48)49-31-14-5-15-32-49/h1-42H. The van der Waals surface area contributed by atoms with E-state index in [1.807, 2.05) is 0 Å². The third kappa shape index (κ3) is 5.85. The van der Waals surface area contributed by atoms with Crippen LogP contribution in [0.5, 0.6) is 0 Å². The minimum atomic E-state index is -2.87. The van der Waals surface area contributed by atoms with Gasteiger partial charge in [0.05, 0.1) is 27.8 Å². The fourth-order valence-electron chi connectivity index (χ4n) is 10.4. The lowest BCUT2D eigenvalue weighted by Gasteiger charge is -2.34. The monoisotopic (exact) mass is 818 g/mol. The zero-order chi connectivity index (χ0) is 41.7. The smallest absolute Gasteiger partial charge is 0.179 e. The van der Waals surface area contributed by atoms with E-state index in [1.165, 1.54) is 86.6 Å². The molecule has 0 saturated heterocycles. The molecule has 0 saturated carbocycles. The van der Waals surface area contributed by atoms with Gasteiger partial charge in [-0.3, -0.25) is 0 Å². The molecule has 12 rings (SSSR count). The Kier molecular flexibility index (Phi) is 8.87. The molecule has 0 aliphatic carbocycles. The van der Waals surface area contributed by atoms with Gasteiger partial charge in [0.15, 0.2) is 8.07 Å². The highest BCUT2D eigenvalue weighted by Gasteiger charge is 2.41. The molecule has 0 N–H and O–H groups in total. The Bertz CT molecular complexity index is 3500. The quantitative estimate of drug-likeness (QED) is 0.107. The number of aromatic nitrogens is 2. The molecule has 2 aromatic heterocycles. The summed E-state index contributed by atoms with van der Waals surface area (Å²) in [6.45, 7) is 0. The van der Waals surface area contributed by atoms with Crippen LogP contribution in [0, 0.1) is 0 Å². The Morgan fingerprint density at radius 1 is 0.270 bits per heavy atom. The number of fused-ring (bicyclic) bond motifs is 6. The highest BCUT2D eigenvalue weighted by Crippen LogP contribution is 2.42. The number of hydrogen-bond acceptors (Lipinski definition) is 0. The van der Waals surface area contributed by atoms with Crippen molar-refractivity contribution in [3.05, 3.63) is 255 Å². The van der Waals surface area contributed by atoms with Gasteiger partial charge >= 0.3 is 0 Å². The maximum absolute atomic E-state index is 2.87. The van der Waals surface area contributed by atoms with Gasteiger partial charge in [0.2, 0.25) is 0 Å². The van der Waals surface area contributed by atoms with Crippen LogP contribution in [0.1, 0.15) is 0 Å². The molecule has 2 heterocycles.